The monoisotopic (exact) mass is 322 g/mol. The summed E-state index contributed by atoms with van der Waals surface area (Å²) in [5.74, 6) is 0. The van der Waals surface area contributed by atoms with Gasteiger partial charge < -0.3 is 15.4 Å². The maximum absolute atomic E-state index is 5.90. The third-order valence-corrected chi connectivity index (χ3v) is 3.95. The second-order valence-corrected chi connectivity index (χ2v) is 7.76. The fourth-order valence-electron chi connectivity index (χ4n) is 1.77. The van der Waals surface area contributed by atoms with Gasteiger partial charge in [0.25, 0.3) is 0 Å². The zero-order chi connectivity index (χ0) is 16.6. The number of nitrogens with one attached hydrogen (secondary N) is 2. The van der Waals surface area contributed by atoms with Crippen molar-refractivity contribution in [2.75, 3.05) is 25.1 Å². The minimum atomic E-state index is 0.0340. The van der Waals surface area contributed by atoms with Gasteiger partial charge in [-0.25, -0.2) is 0 Å². The highest BCUT2D eigenvalue weighted by atomic mass is 32.1. The molecule has 0 unspecified atom stereocenters. The molecule has 0 heterocycles. The number of hydrogen-bond acceptors (Lipinski definition) is 2. The molecule has 0 aromatic heterocycles. The summed E-state index contributed by atoms with van der Waals surface area (Å²) in [5, 5.41) is 7.10. The van der Waals surface area contributed by atoms with Gasteiger partial charge >= 0.3 is 0 Å². The molecule has 0 radical (unpaired) electrons. The van der Waals surface area contributed by atoms with Gasteiger partial charge in [-0.3, -0.25) is 0 Å². The molecule has 0 aliphatic rings. The molecule has 1 aromatic rings. The van der Waals surface area contributed by atoms with E-state index in [1.54, 1.807) is 0 Å². The Morgan fingerprint density at radius 3 is 2.23 bits per heavy atom. The van der Waals surface area contributed by atoms with Gasteiger partial charge in [0.15, 0.2) is 5.11 Å². The third kappa shape index (κ3) is 7.76. The third-order valence-electron chi connectivity index (χ3n) is 3.70. The second kappa shape index (κ2) is 8.49. The van der Waals surface area contributed by atoms with E-state index in [0.717, 1.165) is 31.9 Å². The van der Waals surface area contributed by atoms with E-state index in [9.17, 15) is 0 Å². The van der Waals surface area contributed by atoms with E-state index in [1.807, 2.05) is 30.3 Å². The number of benzene rings is 1. The van der Waals surface area contributed by atoms with Crippen molar-refractivity contribution in [1.29, 1.82) is 0 Å². The lowest BCUT2D eigenvalue weighted by Crippen LogP contribution is -2.39. The van der Waals surface area contributed by atoms with Gasteiger partial charge in [0.2, 0.25) is 0 Å². The van der Waals surface area contributed by atoms with Crippen molar-refractivity contribution in [2.24, 2.45) is 10.8 Å². The molecule has 1 aromatic carbocycles. The van der Waals surface area contributed by atoms with E-state index in [-0.39, 0.29) is 10.8 Å². The zero-order valence-corrected chi connectivity index (χ0v) is 15.3. The van der Waals surface area contributed by atoms with Crippen molar-refractivity contribution in [2.45, 2.75) is 41.0 Å². The molecule has 2 N–H and O–H groups in total. The van der Waals surface area contributed by atoms with Crippen LogP contribution in [0.5, 0.6) is 0 Å². The average molecular weight is 323 g/mol. The van der Waals surface area contributed by atoms with Crippen LogP contribution in [0, 0.1) is 10.8 Å². The quantitative estimate of drug-likeness (QED) is 0.693. The van der Waals surface area contributed by atoms with Gasteiger partial charge in [-0.1, -0.05) is 52.8 Å². The summed E-state index contributed by atoms with van der Waals surface area (Å²) in [6.07, 6.45) is 1.12. The number of ether oxygens (including phenoxy) is 1. The Labute approximate surface area is 140 Å². The summed E-state index contributed by atoms with van der Waals surface area (Å²) in [5.41, 5.74) is 1.28. The van der Waals surface area contributed by atoms with Crippen LogP contribution in [0.3, 0.4) is 0 Å². The maximum atomic E-state index is 5.90. The summed E-state index contributed by atoms with van der Waals surface area (Å²) in [6, 6.07) is 9.94. The van der Waals surface area contributed by atoms with Gasteiger partial charge in [0.05, 0.1) is 13.2 Å². The van der Waals surface area contributed by atoms with Crippen LogP contribution >= 0.6 is 12.2 Å². The smallest absolute Gasteiger partial charge is 0.170 e. The first-order valence-corrected chi connectivity index (χ1v) is 8.33. The highest BCUT2D eigenvalue weighted by Crippen LogP contribution is 2.22. The van der Waals surface area contributed by atoms with E-state index in [2.05, 4.69) is 45.3 Å². The molecule has 0 aliphatic heterocycles. The van der Waals surface area contributed by atoms with E-state index in [0.29, 0.717) is 5.11 Å². The number of anilines is 1. The number of rotatable bonds is 8. The van der Waals surface area contributed by atoms with Gasteiger partial charge in [0, 0.05) is 17.6 Å². The molecule has 0 atom stereocenters. The van der Waals surface area contributed by atoms with Gasteiger partial charge in [-0.2, -0.15) is 0 Å². The number of hydrogen-bond donors (Lipinski definition) is 2. The molecule has 0 fully saturated rings. The molecule has 3 nitrogen and oxygen atoms in total. The van der Waals surface area contributed by atoms with Crippen molar-refractivity contribution in [1.82, 2.24) is 5.32 Å². The van der Waals surface area contributed by atoms with E-state index >= 15 is 0 Å². The Kier molecular flexibility index (Phi) is 7.30. The Bertz CT molecular complexity index is 457. The topological polar surface area (TPSA) is 33.3 Å². The first kappa shape index (κ1) is 18.9. The van der Waals surface area contributed by atoms with E-state index in [1.165, 1.54) is 0 Å². The van der Waals surface area contributed by atoms with Gasteiger partial charge in [0.1, 0.15) is 0 Å². The lowest BCUT2D eigenvalue weighted by atomic mass is 9.91. The normalized spacial score (nSPS) is 12.0. The van der Waals surface area contributed by atoms with Crippen LogP contribution in [0.25, 0.3) is 0 Å². The summed E-state index contributed by atoms with van der Waals surface area (Å²) in [6.45, 7) is 13.3. The highest BCUT2D eigenvalue weighted by molar-refractivity contribution is 7.80. The Hall–Kier alpha value is -1.13. The van der Waals surface area contributed by atoms with E-state index in [4.69, 9.17) is 17.0 Å². The van der Waals surface area contributed by atoms with Crippen LogP contribution in [-0.4, -0.2) is 24.9 Å². The van der Waals surface area contributed by atoms with Crippen LogP contribution in [0.1, 0.15) is 41.0 Å². The average Bonchev–Trinajstić information content (AvgIpc) is 2.46. The van der Waals surface area contributed by atoms with Crippen molar-refractivity contribution in [3.8, 4) is 0 Å². The first-order valence-electron chi connectivity index (χ1n) is 7.92. The largest absolute Gasteiger partial charge is 0.380 e. The van der Waals surface area contributed by atoms with Gasteiger partial charge in [-0.05, 0) is 36.2 Å². The van der Waals surface area contributed by atoms with E-state index < -0.39 is 0 Å². The van der Waals surface area contributed by atoms with Crippen molar-refractivity contribution in [3.05, 3.63) is 30.3 Å². The van der Waals surface area contributed by atoms with Gasteiger partial charge in [-0.15, -0.1) is 0 Å². The number of thiocarbonyl (C=S) groups is 1. The molecular formula is C18H30N2OS. The van der Waals surface area contributed by atoms with Crippen molar-refractivity contribution < 1.29 is 4.74 Å². The molecule has 0 aliphatic carbocycles. The SMILES string of the molecule is CCC(C)(C)COCC(C)(C)CNC(=S)Nc1ccccc1. The maximum Gasteiger partial charge on any atom is 0.170 e. The second-order valence-electron chi connectivity index (χ2n) is 7.35. The lowest BCUT2D eigenvalue weighted by Gasteiger charge is -2.29. The first-order chi connectivity index (χ1) is 10.2. The van der Waals surface area contributed by atoms with Crippen LogP contribution in [-0.2, 0) is 4.74 Å². The van der Waals surface area contributed by atoms with Crippen LogP contribution in [0.15, 0.2) is 30.3 Å². The Morgan fingerprint density at radius 2 is 1.64 bits per heavy atom. The molecule has 0 saturated heterocycles. The molecule has 22 heavy (non-hydrogen) atoms. The fraction of sp³-hybridized carbons (Fsp3) is 0.611. The predicted molar refractivity (Wildman–Crippen MR) is 99.3 cm³/mol. The van der Waals surface area contributed by atoms with Crippen LogP contribution in [0.4, 0.5) is 5.69 Å². The summed E-state index contributed by atoms with van der Waals surface area (Å²) in [4.78, 5) is 0. The predicted octanol–water partition coefficient (Wildman–Crippen LogP) is 4.45. The summed E-state index contributed by atoms with van der Waals surface area (Å²) >= 11 is 5.33. The standard InChI is InChI=1S/C18H30N2OS/c1-6-17(2,3)13-21-14-18(4,5)12-19-16(22)20-15-10-8-7-9-11-15/h7-11H,6,12-14H2,1-5H3,(H2,19,20,22). The van der Waals surface area contributed by atoms with Crippen molar-refractivity contribution >= 4 is 23.0 Å². The molecule has 0 amide bonds. The number of para-hydroxylation sites is 1. The van der Waals surface area contributed by atoms with Crippen LogP contribution < -0.4 is 10.6 Å². The molecular weight excluding hydrogens is 292 g/mol. The lowest BCUT2D eigenvalue weighted by molar-refractivity contribution is 0.0156. The minimum Gasteiger partial charge on any atom is -0.380 e. The molecule has 0 bridgehead atoms. The highest BCUT2D eigenvalue weighted by Gasteiger charge is 2.21. The fourth-order valence-corrected chi connectivity index (χ4v) is 1.96. The minimum absolute atomic E-state index is 0.0340. The zero-order valence-electron chi connectivity index (χ0n) is 14.5. The molecule has 4 heteroatoms. The molecule has 0 saturated carbocycles. The molecule has 124 valence electrons. The summed E-state index contributed by atoms with van der Waals surface area (Å²) < 4.78 is 5.90. The molecule has 0 spiro atoms. The van der Waals surface area contributed by atoms with Crippen LogP contribution in [0.2, 0.25) is 0 Å². The Morgan fingerprint density at radius 1 is 1.05 bits per heavy atom. The van der Waals surface area contributed by atoms with Crippen molar-refractivity contribution in [3.63, 3.8) is 0 Å². The Balaban J connectivity index is 2.31. The molecule has 1 rings (SSSR count). The summed E-state index contributed by atoms with van der Waals surface area (Å²) in [7, 11) is 0.